The number of aliphatic hydroxyl groups is 1. The number of rotatable bonds is 5. The molecule has 1 aliphatic rings. The minimum atomic E-state index is -0.218. The van der Waals surface area contributed by atoms with Crippen LogP contribution in [0.5, 0.6) is 0 Å². The lowest BCUT2D eigenvalue weighted by atomic mass is 10.1. The maximum Gasteiger partial charge on any atom is 0.222 e. The summed E-state index contributed by atoms with van der Waals surface area (Å²) in [7, 11) is 0. The summed E-state index contributed by atoms with van der Waals surface area (Å²) in [6.07, 6.45) is 1.15. The molecule has 1 amide bonds. The van der Waals surface area contributed by atoms with Crippen molar-refractivity contribution in [2.75, 3.05) is 32.8 Å². The summed E-state index contributed by atoms with van der Waals surface area (Å²) in [5, 5.41) is 8.97. The average molecular weight is 230 g/mol. The maximum absolute atomic E-state index is 11.8. The highest BCUT2D eigenvalue weighted by Gasteiger charge is 2.23. The lowest BCUT2D eigenvalue weighted by molar-refractivity contribution is -0.140. The minimum Gasteiger partial charge on any atom is -0.394 e. The molecular formula is C11H22N2O3. The first-order valence-corrected chi connectivity index (χ1v) is 5.87. The van der Waals surface area contributed by atoms with Crippen molar-refractivity contribution >= 4 is 5.91 Å². The number of ether oxygens (including phenoxy) is 1. The summed E-state index contributed by atoms with van der Waals surface area (Å²) in [4.78, 5) is 13.6. The van der Waals surface area contributed by atoms with Gasteiger partial charge in [0.05, 0.1) is 19.3 Å². The molecule has 2 unspecified atom stereocenters. The third-order valence-corrected chi connectivity index (χ3v) is 2.95. The second kappa shape index (κ2) is 6.83. The van der Waals surface area contributed by atoms with E-state index >= 15 is 0 Å². The monoisotopic (exact) mass is 230 g/mol. The Morgan fingerprint density at radius 2 is 2.44 bits per heavy atom. The first kappa shape index (κ1) is 13.4. The van der Waals surface area contributed by atoms with Gasteiger partial charge in [-0.1, -0.05) is 6.92 Å². The molecule has 1 aliphatic heterocycles. The van der Waals surface area contributed by atoms with Gasteiger partial charge in [-0.15, -0.1) is 0 Å². The van der Waals surface area contributed by atoms with E-state index in [1.165, 1.54) is 0 Å². The Kier molecular flexibility index (Phi) is 5.73. The zero-order valence-corrected chi connectivity index (χ0v) is 9.89. The maximum atomic E-state index is 11.8. The van der Waals surface area contributed by atoms with Crippen LogP contribution >= 0.6 is 0 Å². The van der Waals surface area contributed by atoms with Crippen LogP contribution in [0.2, 0.25) is 0 Å². The summed E-state index contributed by atoms with van der Waals surface area (Å²) in [5.41, 5.74) is 5.50. The second-order valence-electron chi connectivity index (χ2n) is 4.39. The zero-order valence-electron chi connectivity index (χ0n) is 9.89. The smallest absolute Gasteiger partial charge is 0.222 e. The van der Waals surface area contributed by atoms with Gasteiger partial charge in [-0.25, -0.2) is 0 Å². The van der Waals surface area contributed by atoms with Gasteiger partial charge in [0.25, 0.3) is 0 Å². The quantitative estimate of drug-likeness (QED) is 0.672. The third-order valence-electron chi connectivity index (χ3n) is 2.95. The molecule has 0 aromatic heterocycles. The molecule has 16 heavy (non-hydrogen) atoms. The van der Waals surface area contributed by atoms with Crippen LogP contribution < -0.4 is 5.73 Å². The largest absolute Gasteiger partial charge is 0.394 e. The van der Waals surface area contributed by atoms with E-state index in [1.807, 2.05) is 6.92 Å². The van der Waals surface area contributed by atoms with Crippen molar-refractivity contribution in [3.63, 3.8) is 0 Å². The number of nitrogens with two attached hydrogens (primary N) is 1. The van der Waals surface area contributed by atoms with Gasteiger partial charge < -0.3 is 20.5 Å². The summed E-state index contributed by atoms with van der Waals surface area (Å²) < 4.78 is 5.29. The Bertz CT molecular complexity index is 223. The third kappa shape index (κ3) is 4.08. The van der Waals surface area contributed by atoms with E-state index in [1.54, 1.807) is 4.90 Å². The molecule has 2 atom stereocenters. The molecule has 5 nitrogen and oxygen atoms in total. The van der Waals surface area contributed by atoms with E-state index in [4.69, 9.17) is 15.6 Å². The molecule has 1 saturated heterocycles. The van der Waals surface area contributed by atoms with Crippen LogP contribution in [-0.4, -0.2) is 54.9 Å². The summed E-state index contributed by atoms with van der Waals surface area (Å²) >= 11 is 0. The second-order valence-corrected chi connectivity index (χ2v) is 4.39. The standard InChI is InChI=1S/C11H22N2O3/c1-9(6-12)2-3-11(15)13-4-5-16-10(7-13)8-14/h9-10,14H,2-8,12H2,1H3. The summed E-state index contributed by atoms with van der Waals surface area (Å²) in [6, 6.07) is 0. The van der Waals surface area contributed by atoms with Crippen molar-refractivity contribution in [1.29, 1.82) is 0 Å². The van der Waals surface area contributed by atoms with Crippen LogP contribution in [0.25, 0.3) is 0 Å². The number of aliphatic hydroxyl groups excluding tert-OH is 1. The fourth-order valence-corrected chi connectivity index (χ4v) is 1.70. The molecule has 0 aromatic carbocycles. The Balaban J connectivity index is 2.30. The molecule has 0 radical (unpaired) electrons. The predicted octanol–water partition coefficient (Wildman–Crippen LogP) is -0.419. The van der Waals surface area contributed by atoms with Gasteiger partial charge in [0.2, 0.25) is 5.91 Å². The molecule has 1 fully saturated rings. The Morgan fingerprint density at radius 1 is 1.69 bits per heavy atom. The van der Waals surface area contributed by atoms with E-state index in [0.29, 0.717) is 38.6 Å². The average Bonchev–Trinajstić information content (AvgIpc) is 2.35. The molecule has 0 aromatic rings. The summed E-state index contributed by atoms with van der Waals surface area (Å²) in [5.74, 6) is 0.528. The number of amides is 1. The van der Waals surface area contributed by atoms with Crippen molar-refractivity contribution in [3.8, 4) is 0 Å². The number of carbonyl (C=O) groups excluding carboxylic acids is 1. The highest BCUT2D eigenvalue weighted by molar-refractivity contribution is 5.76. The minimum absolute atomic E-state index is 0.0248. The molecule has 1 rings (SSSR count). The molecule has 3 N–H and O–H groups in total. The van der Waals surface area contributed by atoms with Gasteiger partial charge >= 0.3 is 0 Å². The molecule has 94 valence electrons. The van der Waals surface area contributed by atoms with Crippen molar-refractivity contribution in [3.05, 3.63) is 0 Å². The van der Waals surface area contributed by atoms with Gasteiger partial charge in [0, 0.05) is 19.5 Å². The number of morpholine rings is 1. The van der Waals surface area contributed by atoms with Gasteiger partial charge in [0.15, 0.2) is 0 Å². The first-order valence-electron chi connectivity index (χ1n) is 5.87. The first-order chi connectivity index (χ1) is 7.67. The number of carbonyl (C=O) groups is 1. The lowest BCUT2D eigenvalue weighted by Crippen LogP contribution is -2.46. The fraction of sp³-hybridized carbons (Fsp3) is 0.909. The highest BCUT2D eigenvalue weighted by Crippen LogP contribution is 2.10. The molecule has 0 saturated carbocycles. The SMILES string of the molecule is CC(CN)CCC(=O)N1CCOC(CO)C1. The van der Waals surface area contributed by atoms with Crippen molar-refractivity contribution in [2.24, 2.45) is 11.7 Å². The predicted molar refractivity (Wildman–Crippen MR) is 60.9 cm³/mol. The molecule has 1 heterocycles. The van der Waals surface area contributed by atoms with Crippen molar-refractivity contribution < 1.29 is 14.6 Å². The molecule has 0 bridgehead atoms. The van der Waals surface area contributed by atoms with Crippen molar-refractivity contribution in [2.45, 2.75) is 25.9 Å². The van der Waals surface area contributed by atoms with Gasteiger partial charge in [-0.05, 0) is 18.9 Å². The zero-order chi connectivity index (χ0) is 12.0. The van der Waals surface area contributed by atoms with Gasteiger partial charge in [0.1, 0.15) is 0 Å². The Hall–Kier alpha value is -0.650. The topological polar surface area (TPSA) is 75.8 Å². The number of hydrogen-bond acceptors (Lipinski definition) is 4. The molecule has 5 heteroatoms. The van der Waals surface area contributed by atoms with E-state index in [2.05, 4.69) is 0 Å². The van der Waals surface area contributed by atoms with E-state index in [-0.39, 0.29) is 18.6 Å². The van der Waals surface area contributed by atoms with Crippen molar-refractivity contribution in [1.82, 2.24) is 4.90 Å². The van der Waals surface area contributed by atoms with Crippen LogP contribution in [0.15, 0.2) is 0 Å². The fourth-order valence-electron chi connectivity index (χ4n) is 1.70. The Labute approximate surface area is 96.6 Å². The Morgan fingerprint density at radius 3 is 3.06 bits per heavy atom. The molecule has 0 spiro atoms. The van der Waals surface area contributed by atoms with Crippen LogP contribution in [0.1, 0.15) is 19.8 Å². The van der Waals surface area contributed by atoms with Crippen LogP contribution in [-0.2, 0) is 9.53 Å². The van der Waals surface area contributed by atoms with Gasteiger partial charge in [-0.2, -0.15) is 0 Å². The van der Waals surface area contributed by atoms with E-state index < -0.39 is 0 Å². The number of nitrogens with zero attached hydrogens (tertiary/aromatic N) is 1. The van der Waals surface area contributed by atoms with Crippen LogP contribution in [0, 0.1) is 5.92 Å². The normalized spacial score (nSPS) is 23.2. The van der Waals surface area contributed by atoms with Gasteiger partial charge in [-0.3, -0.25) is 4.79 Å². The molecular weight excluding hydrogens is 208 g/mol. The summed E-state index contributed by atoms with van der Waals surface area (Å²) in [6.45, 7) is 4.30. The molecule has 0 aliphatic carbocycles. The van der Waals surface area contributed by atoms with Crippen LogP contribution in [0.4, 0.5) is 0 Å². The van der Waals surface area contributed by atoms with Crippen LogP contribution in [0.3, 0.4) is 0 Å². The highest BCUT2D eigenvalue weighted by atomic mass is 16.5. The van der Waals surface area contributed by atoms with E-state index in [9.17, 15) is 4.79 Å². The van der Waals surface area contributed by atoms with E-state index in [0.717, 1.165) is 6.42 Å². The number of hydrogen-bond donors (Lipinski definition) is 2. The lowest BCUT2D eigenvalue weighted by Gasteiger charge is -2.32.